The smallest absolute Gasteiger partial charge is 0.268 e. The maximum atomic E-state index is 12.3. The number of aromatic nitrogens is 4. The predicted molar refractivity (Wildman–Crippen MR) is 114 cm³/mol. The summed E-state index contributed by atoms with van der Waals surface area (Å²) < 4.78 is 30.4. The molecule has 0 amide bonds. The van der Waals surface area contributed by atoms with E-state index in [0.29, 0.717) is 17.3 Å². The number of aliphatic hydroxyl groups is 1. The van der Waals surface area contributed by atoms with Gasteiger partial charge in [0.15, 0.2) is 9.84 Å². The Balaban J connectivity index is 1.61. The molecule has 0 aliphatic rings. The number of hydrogen-bond donors (Lipinski definition) is 1. The molecule has 0 unspecified atom stereocenters. The van der Waals surface area contributed by atoms with Crippen LogP contribution in [0.25, 0.3) is 34.3 Å². The van der Waals surface area contributed by atoms with Crippen LogP contribution in [-0.2, 0) is 16.4 Å². The van der Waals surface area contributed by atoms with Crippen molar-refractivity contribution in [2.75, 3.05) is 0 Å². The molecule has 9 heteroatoms. The van der Waals surface area contributed by atoms with Crippen LogP contribution in [0.5, 0.6) is 0 Å². The zero-order valence-corrected chi connectivity index (χ0v) is 17.7. The maximum Gasteiger partial charge on any atom is 0.268 e. The molecule has 0 saturated heterocycles. The van der Waals surface area contributed by atoms with Crippen molar-refractivity contribution >= 4 is 9.84 Å². The van der Waals surface area contributed by atoms with Gasteiger partial charge in [0.25, 0.3) is 5.89 Å². The molecular formula is C22H20N4O4S. The third-order valence-corrected chi connectivity index (χ3v) is 6.93. The van der Waals surface area contributed by atoms with Crippen LogP contribution in [-0.4, -0.2) is 38.9 Å². The molecular weight excluding hydrogens is 416 g/mol. The molecule has 2 aromatic carbocycles. The van der Waals surface area contributed by atoms with Crippen LogP contribution < -0.4 is 0 Å². The maximum absolute atomic E-state index is 12.3. The summed E-state index contributed by atoms with van der Waals surface area (Å²) in [6, 6.07) is 13.7. The summed E-state index contributed by atoms with van der Waals surface area (Å²) in [4.78, 5) is 9.01. The van der Waals surface area contributed by atoms with Crippen LogP contribution >= 0.6 is 0 Å². The van der Waals surface area contributed by atoms with Crippen LogP contribution in [0.1, 0.15) is 19.4 Å². The van der Waals surface area contributed by atoms with E-state index in [1.54, 1.807) is 68.6 Å². The topological polar surface area (TPSA) is 119 Å². The molecule has 158 valence electrons. The lowest BCUT2D eigenvalue weighted by molar-refractivity contribution is 0.282. The minimum atomic E-state index is -3.34. The monoisotopic (exact) mass is 436 g/mol. The summed E-state index contributed by atoms with van der Waals surface area (Å²) in [7, 11) is -3.34. The molecule has 1 N–H and O–H groups in total. The Hall–Kier alpha value is -3.43. The summed E-state index contributed by atoms with van der Waals surface area (Å²) in [5.41, 5.74) is 3.19. The molecule has 0 fully saturated rings. The number of rotatable bonds is 6. The molecule has 4 aromatic rings. The highest BCUT2D eigenvalue weighted by Crippen LogP contribution is 2.26. The fraction of sp³-hybridized carbons (Fsp3) is 0.182. The van der Waals surface area contributed by atoms with E-state index in [2.05, 4.69) is 20.2 Å². The molecule has 0 bridgehead atoms. The van der Waals surface area contributed by atoms with Gasteiger partial charge in [0.1, 0.15) is 5.69 Å². The average molecular weight is 436 g/mol. The third kappa shape index (κ3) is 4.23. The number of aliphatic hydroxyl groups excluding tert-OH is 1. The van der Waals surface area contributed by atoms with E-state index in [-0.39, 0.29) is 17.4 Å². The Morgan fingerprint density at radius 1 is 0.871 bits per heavy atom. The van der Waals surface area contributed by atoms with Crippen molar-refractivity contribution in [1.82, 2.24) is 20.2 Å². The number of sulfone groups is 1. The van der Waals surface area contributed by atoms with Crippen LogP contribution in [0.15, 0.2) is 70.2 Å². The van der Waals surface area contributed by atoms with Crippen LogP contribution in [0, 0.1) is 0 Å². The summed E-state index contributed by atoms with van der Waals surface area (Å²) in [6.45, 7) is 3.26. The Kier molecular flexibility index (Phi) is 5.62. The van der Waals surface area contributed by atoms with Crippen molar-refractivity contribution in [3.63, 3.8) is 0 Å². The Labute approximate surface area is 179 Å². The van der Waals surface area contributed by atoms with Gasteiger partial charge in [0, 0.05) is 11.1 Å². The first kappa shape index (κ1) is 20.8. The van der Waals surface area contributed by atoms with Gasteiger partial charge in [-0.1, -0.05) is 24.3 Å². The van der Waals surface area contributed by atoms with Gasteiger partial charge in [0.2, 0.25) is 5.89 Å². The summed E-state index contributed by atoms with van der Waals surface area (Å²) in [5.74, 6) is 0.546. The Morgan fingerprint density at radius 2 is 1.48 bits per heavy atom. The second-order valence-corrected chi connectivity index (χ2v) is 9.68. The zero-order valence-electron chi connectivity index (χ0n) is 16.9. The fourth-order valence-corrected chi connectivity index (χ4v) is 3.95. The standard InChI is InChI=1S/C22H20N4O4S/c1-14(2)31(28,29)18-9-7-16(8-10-18)19-11-23-12-20(24-19)22-26-25-21(30-22)17-5-3-15(13-27)4-6-17/h3-12,14,27H,13H2,1-2H3. The predicted octanol–water partition coefficient (Wildman–Crippen LogP) is 3.54. The van der Waals surface area contributed by atoms with Gasteiger partial charge in [-0.05, 0) is 43.7 Å². The number of hydrogen-bond acceptors (Lipinski definition) is 8. The van der Waals surface area contributed by atoms with Gasteiger partial charge < -0.3 is 9.52 Å². The molecule has 2 heterocycles. The average Bonchev–Trinajstić information content (AvgIpc) is 3.29. The van der Waals surface area contributed by atoms with E-state index in [4.69, 9.17) is 9.52 Å². The second-order valence-electron chi connectivity index (χ2n) is 7.18. The lowest BCUT2D eigenvalue weighted by Gasteiger charge is -2.08. The van der Waals surface area contributed by atoms with Crippen LogP contribution in [0.2, 0.25) is 0 Å². The van der Waals surface area contributed by atoms with E-state index in [0.717, 1.165) is 16.7 Å². The van der Waals surface area contributed by atoms with Crippen molar-refractivity contribution in [3.05, 3.63) is 66.5 Å². The quantitative estimate of drug-likeness (QED) is 0.487. The molecule has 0 aliphatic heterocycles. The molecule has 8 nitrogen and oxygen atoms in total. The van der Waals surface area contributed by atoms with E-state index >= 15 is 0 Å². The van der Waals surface area contributed by atoms with E-state index in [1.807, 2.05) is 0 Å². The van der Waals surface area contributed by atoms with Gasteiger partial charge in [0.05, 0.1) is 34.8 Å². The second kappa shape index (κ2) is 8.37. The highest BCUT2D eigenvalue weighted by Gasteiger charge is 2.19. The minimum Gasteiger partial charge on any atom is -0.415 e. The van der Waals surface area contributed by atoms with E-state index in [9.17, 15) is 8.42 Å². The van der Waals surface area contributed by atoms with Crippen molar-refractivity contribution < 1.29 is 17.9 Å². The number of nitrogens with zero attached hydrogens (tertiary/aromatic N) is 4. The van der Waals surface area contributed by atoms with Gasteiger partial charge in [-0.2, -0.15) is 0 Å². The zero-order chi connectivity index (χ0) is 22.0. The summed E-state index contributed by atoms with van der Waals surface area (Å²) >= 11 is 0. The SMILES string of the molecule is CC(C)S(=O)(=O)c1ccc(-c2cncc(-c3nnc(-c4ccc(CO)cc4)o3)n2)cc1. The molecule has 0 atom stereocenters. The lowest BCUT2D eigenvalue weighted by Crippen LogP contribution is -2.13. The molecule has 31 heavy (non-hydrogen) atoms. The Bertz CT molecular complexity index is 1300. The van der Waals surface area contributed by atoms with E-state index < -0.39 is 15.1 Å². The molecule has 0 spiro atoms. The van der Waals surface area contributed by atoms with Crippen molar-refractivity contribution in [1.29, 1.82) is 0 Å². The minimum absolute atomic E-state index is 0.0396. The third-order valence-electron chi connectivity index (χ3n) is 4.76. The first-order valence-electron chi connectivity index (χ1n) is 9.59. The van der Waals surface area contributed by atoms with Crippen LogP contribution in [0.4, 0.5) is 0 Å². The molecule has 0 radical (unpaired) electrons. The highest BCUT2D eigenvalue weighted by molar-refractivity contribution is 7.92. The normalized spacial score (nSPS) is 11.7. The molecule has 0 saturated carbocycles. The van der Waals surface area contributed by atoms with Gasteiger partial charge in [-0.25, -0.2) is 13.4 Å². The van der Waals surface area contributed by atoms with Crippen molar-refractivity contribution in [2.45, 2.75) is 30.6 Å². The van der Waals surface area contributed by atoms with Gasteiger partial charge in [-0.3, -0.25) is 4.98 Å². The largest absolute Gasteiger partial charge is 0.415 e. The van der Waals surface area contributed by atoms with Crippen molar-refractivity contribution in [3.8, 4) is 34.3 Å². The van der Waals surface area contributed by atoms with Gasteiger partial charge in [-0.15, -0.1) is 10.2 Å². The lowest BCUT2D eigenvalue weighted by atomic mass is 10.1. The molecule has 0 aliphatic carbocycles. The summed E-state index contributed by atoms with van der Waals surface area (Å²) in [5, 5.41) is 16.8. The van der Waals surface area contributed by atoms with E-state index in [1.165, 1.54) is 6.20 Å². The Morgan fingerprint density at radius 3 is 2.13 bits per heavy atom. The highest BCUT2D eigenvalue weighted by atomic mass is 32.2. The first-order valence-corrected chi connectivity index (χ1v) is 11.1. The molecule has 4 rings (SSSR count). The van der Waals surface area contributed by atoms with Crippen LogP contribution in [0.3, 0.4) is 0 Å². The van der Waals surface area contributed by atoms with Crippen molar-refractivity contribution in [2.24, 2.45) is 0 Å². The number of benzene rings is 2. The fourth-order valence-electron chi connectivity index (χ4n) is 2.89. The molecule has 2 aromatic heterocycles. The first-order chi connectivity index (χ1) is 14.9. The van der Waals surface area contributed by atoms with Gasteiger partial charge >= 0.3 is 0 Å². The summed E-state index contributed by atoms with van der Waals surface area (Å²) in [6.07, 6.45) is 3.10.